The van der Waals surface area contributed by atoms with Gasteiger partial charge in [0.25, 0.3) is 0 Å². The number of rotatable bonds is 3. The molecule has 2 heterocycles. The molecule has 92 valence electrons. The second kappa shape index (κ2) is 4.72. The van der Waals surface area contributed by atoms with Gasteiger partial charge in [0.15, 0.2) is 0 Å². The summed E-state index contributed by atoms with van der Waals surface area (Å²) in [6.45, 7) is 0.878. The Morgan fingerprint density at radius 2 is 2.11 bits per heavy atom. The number of hydrogen-bond acceptors (Lipinski definition) is 2. The highest BCUT2D eigenvalue weighted by molar-refractivity contribution is 14.1. The van der Waals surface area contributed by atoms with Crippen molar-refractivity contribution in [3.8, 4) is 0 Å². The van der Waals surface area contributed by atoms with Crippen LogP contribution in [0.15, 0.2) is 36.7 Å². The first-order chi connectivity index (χ1) is 8.74. The molecule has 0 aliphatic rings. The summed E-state index contributed by atoms with van der Waals surface area (Å²) in [5.74, 6) is 0. The average molecular weight is 352 g/mol. The third kappa shape index (κ3) is 2.14. The summed E-state index contributed by atoms with van der Waals surface area (Å²) < 4.78 is 5.21. The average Bonchev–Trinajstić information content (AvgIpc) is 2.93. The highest BCUT2D eigenvalue weighted by Crippen LogP contribution is 2.17. The summed E-state index contributed by atoms with van der Waals surface area (Å²) >= 11 is 2.33. The van der Waals surface area contributed by atoms with E-state index in [-0.39, 0.29) is 0 Å². The molecule has 0 aliphatic carbocycles. The molecule has 0 fully saturated rings. The van der Waals surface area contributed by atoms with Crippen molar-refractivity contribution < 1.29 is 0 Å². The van der Waals surface area contributed by atoms with Crippen molar-refractivity contribution in [1.82, 2.24) is 19.6 Å². The molecule has 4 nitrogen and oxygen atoms in total. The first-order valence-electron chi connectivity index (χ1n) is 5.82. The molecule has 0 saturated heterocycles. The lowest BCUT2D eigenvalue weighted by atomic mass is 10.2. The van der Waals surface area contributed by atoms with Crippen LogP contribution < -0.4 is 0 Å². The van der Waals surface area contributed by atoms with E-state index in [1.165, 1.54) is 20.2 Å². The third-order valence-electron chi connectivity index (χ3n) is 3.11. The summed E-state index contributed by atoms with van der Waals surface area (Å²) in [7, 11) is 1.97. The van der Waals surface area contributed by atoms with Crippen molar-refractivity contribution in [3.05, 3.63) is 45.9 Å². The number of halogens is 1. The molecule has 0 atom stereocenters. The van der Waals surface area contributed by atoms with E-state index in [4.69, 9.17) is 0 Å². The molecule has 1 aromatic carbocycles. The summed E-state index contributed by atoms with van der Waals surface area (Å²) in [4.78, 5) is 0. The van der Waals surface area contributed by atoms with E-state index in [1.807, 2.05) is 24.1 Å². The van der Waals surface area contributed by atoms with Gasteiger partial charge in [-0.1, -0.05) is 6.07 Å². The van der Waals surface area contributed by atoms with Crippen LogP contribution in [0.25, 0.3) is 10.9 Å². The Bertz CT molecular complexity index is 683. The number of fused-ring (bicyclic) bond motifs is 1. The molecule has 0 bridgehead atoms. The van der Waals surface area contributed by atoms with E-state index in [0.717, 1.165) is 13.0 Å². The summed E-state index contributed by atoms with van der Waals surface area (Å²) in [6.07, 6.45) is 4.70. The summed E-state index contributed by atoms with van der Waals surface area (Å²) in [5, 5.41) is 9.82. The molecule has 3 aromatic rings. The van der Waals surface area contributed by atoms with Gasteiger partial charge in [-0.05, 0) is 40.8 Å². The van der Waals surface area contributed by atoms with Crippen molar-refractivity contribution in [2.45, 2.75) is 13.0 Å². The molecule has 18 heavy (non-hydrogen) atoms. The zero-order valence-corrected chi connectivity index (χ0v) is 12.2. The maximum absolute atomic E-state index is 4.45. The predicted octanol–water partition coefficient (Wildman–Crippen LogP) is 2.62. The van der Waals surface area contributed by atoms with Crippen LogP contribution in [0, 0.1) is 3.57 Å². The smallest absolute Gasteiger partial charge is 0.0693 e. The van der Waals surface area contributed by atoms with E-state index in [9.17, 15) is 0 Å². The van der Waals surface area contributed by atoms with Gasteiger partial charge in [0.05, 0.1) is 11.7 Å². The van der Waals surface area contributed by atoms with Crippen LogP contribution in [0.2, 0.25) is 0 Å². The molecule has 2 aromatic heterocycles. The van der Waals surface area contributed by atoms with Gasteiger partial charge in [-0.25, -0.2) is 0 Å². The normalized spacial score (nSPS) is 11.2. The zero-order valence-electron chi connectivity index (χ0n) is 10.0. The molecule has 0 amide bonds. The second-order valence-corrected chi connectivity index (χ2v) is 5.51. The lowest BCUT2D eigenvalue weighted by molar-refractivity contribution is 0.601. The SMILES string of the molecule is Cn1nccc1CCn1ncc2ccc(I)cc21. The van der Waals surface area contributed by atoms with Gasteiger partial charge in [0, 0.05) is 40.9 Å². The van der Waals surface area contributed by atoms with Crippen LogP contribution in [0.1, 0.15) is 5.69 Å². The van der Waals surface area contributed by atoms with Gasteiger partial charge in [-0.3, -0.25) is 9.36 Å². The lowest BCUT2D eigenvalue weighted by Gasteiger charge is -2.04. The zero-order chi connectivity index (χ0) is 12.5. The fourth-order valence-corrected chi connectivity index (χ4v) is 2.56. The Kier molecular flexibility index (Phi) is 3.07. The molecule has 0 unspecified atom stereocenters. The standard InChI is InChI=1S/C13H13IN4/c1-17-12(4-6-15-17)5-7-18-13-8-11(14)3-2-10(13)9-16-18/h2-4,6,8-9H,5,7H2,1H3. The van der Waals surface area contributed by atoms with Crippen LogP contribution >= 0.6 is 22.6 Å². The van der Waals surface area contributed by atoms with Crippen LogP contribution in [-0.2, 0) is 20.0 Å². The molecule has 0 N–H and O–H groups in total. The molecule has 3 rings (SSSR count). The Balaban J connectivity index is 1.87. The number of aromatic nitrogens is 4. The maximum atomic E-state index is 4.45. The van der Waals surface area contributed by atoms with E-state index in [1.54, 1.807) is 0 Å². The van der Waals surface area contributed by atoms with Crippen LogP contribution in [-0.4, -0.2) is 19.6 Å². The monoisotopic (exact) mass is 352 g/mol. The van der Waals surface area contributed by atoms with Gasteiger partial charge in [-0.2, -0.15) is 10.2 Å². The van der Waals surface area contributed by atoms with Crippen molar-refractivity contribution in [2.24, 2.45) is 7.05 Å². The van der Waals surface area contributed by atoms with E-state index in [0.29, 0.717) is 0 Å². The number of benzene rings is 1. The molecule has 0 aliphatic heterocycles. The molecule has 0 saturated carbocycles. The minimum atomic E-state index is 0.878. The van der Waals surface area contributed by atoms with E-state index < -0.39 is 0 Å². The number of hydrogen-bond donors (Lipinski definition) is 0. The Hall–Kier alpha value is -1.37. The Morgan fingerprint density at radius 1 is 1.22 bits per heavy atom. The van der Waals surface area contributed by atoms with Crippen molar-refractivity contribution in [1.29, 1.82) is 0 Å². The summed E-state index contributed by atoms with van der Waals surface area (Å²) in [5.41, 5.74) is 2.42. The Morgan fingerprint density at radius 3 is 2.89 bits per heavy atom. The highest BCUT2D eigenvalue weighted by Gasteiger charge is 2.04. The van der Waals surface area contributed by atoms with E-state index >= 15 is 0 Å². The molecule has 5 heteroatoms. The highest BCUT2D eigenvalue weighted by atomic mass is 127. The van der Waals surface area contributed by atoms with Gasteiger partial charge in [-0.15, -0.1) is 0 Å². The number of nitrogens with zero attached hydrogens (tertiary/aromatic N) is 4. The van der Waals surface area contributed by atoms with Crippen molar-refractivity contribution in [3.63, 3.8) is 0 Å². The first-order valence-corrected chi connectivity index (χ1v) is 6.90. The quantitative estimate of drug-likeness (QED) is 0.680. The van der Waals surface area contributed by atoms with E-state index in [2.05, 4.69) is 61.7 Å². The van der Waals surface area contributed by atoms with Gasteiger partial charge in [0.2, 0.25) is 0 Å². The molecular formula is C13H13IN4. The maximum Gasteiger partial charge on any atom is 0.0693 e. The third-order valence-corrected chi connectivity index (χ3v) is 3.78. The minimum absolute atomic E-state index is 0.878. The number of aryl methyl sites for hydroxylation is 3. The minimum Gasteiger partial charge on any atom is -0.273 e. The van der Waals surface area contributed by atoms with Crippen molar-refractivity contribution in [2.75, 3.05) is 0 Å². The topological polar surface area (TPSA) is 35.6 Å². The van der Waals surface area contributed by atoms with Crippen LogP contribution in [0.5, 0.6) is 0 Å². The first kappa shape index (κ1) is 11.7. The fourth-order valence-electron chi connectivity index (χ4n) is 2.09. The lowest BCUT2D eigenvalue weighted by Crippen LogP contribution is -2.06. The van der Waals surface area contributed by atoms with Gasteiger partial charge in [0.1, 0.15) is 0 Å². The second-order valence-electron chi connectivity index (χ2n) is 4.27. The van der Waals surface area contributed by atoms with Crippen LogP contribution in [0.4, 0.5) is 0 Å². The molecule has 0 spiro atoms. The Labute approximate surface area is 119 Å². The van der Waals surface area contributed by atoms with Gasteiger partial charge >= 0.3 is 0 Å². The molecule has 0 radical (unpaired) electrons. The summed E-state index contributed by atoms with van der Waals surface area (Å²) in [6, 6.07) is 8.45. The van der Waals surface area contributed by atoms with Crippen molar-refractivity contribution >= 4 is 33.5 Å². The predicted molar refractivity (Wildman–Crippen MR) is 79.4 cm³/mol. The van der Waals surface area contributed by atoms with Gasteiger partial charge < -0.3 is 0 Å². The fraction of sp³-hybridized carbons (Fsp3) is 0.231. The molecular weight excluding hydrogens is 339 g/mol. The van der Waals surface area contributed by atoms with Crippen LogP contribution in [0.3, 0.4) is 0 Å². The largest absolute Gasteiger partial charge is 0.273 e.